The molecule has 8 nitrogen and oxygen atoms in total. The van der Waals surface area contributed by atoms with Crippen LogP contribution in [0.5, 0.6) is 0 Å². The largest absolute Gasteiger partial charge is 0.341 e. The molecule has 4 aromatic rings. The highest BCUT2D eigenvalue weighted by Gasteiger charge is 2.34. The first-order chi connectivity index (χ1) is 22.4. The second kappa shape index (κ2) is 13.6. The van der Waals surface area contributed by atoms with Crippen LogP contribution in [0.3, 0.4) is 0 Å². The number of piperidine rings is 3. The molecular weight excluding hydrogens is 596 g/mol. The molecule has 4 heterocycles. The minimum Gasteiger partial charge on any atom is -0.341 e. The van der Waals surface area contributed by atoms with Gasteiger partial charge in [-0.25, -0.2) is 4.79 Å². The molecule has 46 heavy (non-hydrogen) atoms. The zero-order chi connectivity index (χ0) is 31.6. The summed E-state index contributed by atoms with van der Waals surface area (Å²) in [6, 6.07) is 16.5. The molecule has 0 bridgehead atoms. The van der Waals surface area contributed by atoms with Gasteiger partial charge in [0, 0.05) is 49.1 Å². The highest BCUT2D eigenvalue weighted by Crippen LogP contribution is 2.35. The number of nitrogens with zero attached hydrogens (tertiary/aromatic N) is 4. The molecule has 7 rings (SSSR count). The maximum absolute atomic E-state index is 14.1. The number of fused-ring (bicyclic) bond motifs is 2. The molecule has 3 saturated heterocycles. The van der Waals surface area contributed by atoms with Crippen molar-refractivity contribution in [1.82, 2.24) is 30.2 Å². The Bertz CT molecular complexity index is 1700. The Morgan fingerprint density at radius 1 is 0.891 bits per heavy atom. The zero-order valence-corrected chi connectivity index (χ0v) is 27.6. The average molecular weight is 641 g/mol. The van der Waals surface area contributed by atoms with Crippen LogP contribution in [0.1, 0.15) is 67.6 Å². The number of carbonyl (C=O) groups excluding carboxylic acids is 2. The first-order valence-corrected chi connectivity index (χ1v) is 17.5. The van der Waals surface area contributed by atoms with E-state index in [4.69, 9.17) is 11.6 Å². The Morgan fingerprint density at radius 3 is 2.33 bits per heavy atom. The molecule has 0 radical (unpaired) electrons. The van der Waals surface area contributed by atoms with Crippen molar-refractivity contribution in [3.63, 3.8) is 0 Å². The fourth-order valence-electron chi connectivity index (χ4n) is 8.00. The Labute approximate surface area is 276 Å². The number of likely N-dealkylation sites (tertiary alicyclic amines) is 3. The summed E-state index contributed by atoms with van der Waals surface area (Å²) in [7, 11) is 0. The number of H-pyrrole nitrogens is 1. The van der Waals surface area contributed by atoms with Crippen LogP contribution >= 0.6 is 11.6 Å². The lowest BCUT2D eigenvalue weighted by Crippen LogP contribution is -2.56. The molecule has 3 aliphatic heterocycles. The molecule has 3 fully saturated rings. The van der Waals surface area contributed by atoms with Crippen LogP contribution in [0.4, 0.5) is 4.79 Å². The molecule has 0 aliphatic carbocycles. The fourth-order valence-corrected chi connectivity index (χ4v) is 8.32. The van der Waals surface area contributed by atoms with Crippen molar-refractivity contribution < 1.29 is 9.59 Å². The van der Waals surface area contributed by atoms with Gasteiger partial charge in [-0.3, -0.25) is 9.89 Å². The predicted molar refractivity (Wildman–Crippen MR) is 184 cm³/mol. The van der Waals surface area contributed by atoms with Crippen LogP contribution in [0.15, 0.2) is 54.7 Å². The lowest BCUT2D eigenvalue weighted by atomic mass is 9.88. The van der Waals surface area contributed by atoms with Crippen LogP contribution in [0, 0.1) is 6.92 Å². The Hall–Kier alpha value is -3.62. The van der Waals surface area contributed by atoms with Gasteiger partial charge in [0.15, 0.2) is 0 Å². The van der Waals surface area contributed by atoms with E-state index in [0.29, 0.717) is 31.5 Å². The third-order valence-electron chi connectivity index (χ3n) is 10.6. The summed E-state index contributed by atoms with van der Waals surface area (Å²) < 4.78 is 0. The van der Waals surface area contributed by atoms with E-state index in [1.54, 1.807) is 0 Å². The molecule has 2 N–H and O–H groups in total. The van der Waals surface area contributed by atoms with E-state index in [9.17, 15) is 9.59 Å². The van der Waals surface area contributed by atoms with Crippen molar-refractivity contribution in [1.29, 1.82) is 0 Å². The molecule has 0 spiro atoms. The number of amides is 3. The summed E-state index contributed by atoms with van der Waals surface area (Å²) in [5, 5.41) is 14.6. The van der Waals surface area contributed by atoms with Gasteiger partial charge < -0.3 is 20.0 Å². The number of benzene rings is 3. The number of carbonyl (C=O) groups is 2. The van der Waals surface area contributed by atoms with Gasteiger partial charge in [0.1, 0.15) is 6.04 Å². The molecule has 9 heteroatoms. The van der Waals surface area contributed by atoms with Crippen LogP contribution in [-0.2, 0) is 11.2 Å². The van der Waals surface area contributed by atoms with Gasteiger partial charge in [-0.15, -0.1) is 0 Å². The van der Waals surface area contributed by atoms with Crippen LogP contribution in [0.25, 0.3) is 21.7 Å². The van der Waals surface area contributed by atoms with Crippen LogP contribution in [-0.4, -0.2) is 88.2 Å². The predicted octanol–water partition coefficient (Wildman–Crippen LogP) is 6.66. The maximum Gasteiger partial charge on any atom is 0.318 e. The molecule has 1 aromatic heterocycles. The first-order valence-electron chi connectivity index (χ1n) is 17.1. The SMILES string of the molecule is Cc1cc(C[C@@H](NC(=O)N2CCC(c3cc4ccccc4cc3Cl)CC2)C(=O)N2CCC(N3CCCCC3)CC2)cc2cn[nH]c12. The highest BCUT2D eigenvalue weighted by molar-refractivity contribution is 6.32. The van der Waals surface area contributed by atoms with E-state index in [0.717, 1.165) is 76.8 Å². The second-order valence-electron chi connectivity index (χ2n) is 13.6. The van der Waals surface area contributed by atoms with E-state index in [2.05, 4.69) is 69.8 Å². The normalized spacial score (nSPS) is 19.5. The van der Waals surface area contributed by atoms with E-state index >= 15 is 0 Å². The van der Waals surface area contributed by atoms with Gasteiger partial charge in [-0.2, -0.15) is 5.10 Å². The highest BCUT2D eigenvalue weighted by atomic mass is 35.5. The van der Waals surface area contributed by atoms with Crippen molar-refractivity contribution in [2.24, 2.45) is 0 Å². The molecule has 3 aromatic carbocycles. The third kappa shape index (κ3) is 6.60. The van der Waals surface area contributed by atoms with E-state index in [1.165, 1.54) is 37.7 Å². The maximum atomic E-state index is 14.1. The number of rotatable bonds is 6. The summed E-state index contributed by atoms with van der Waals surface area (Å²) in [5.41, 5.74) is 4.27. The minimum atomic E-state index is -0.629. The lowest BCUT2D eigenvalue weighted by Gasteiger charge is -2.41. The summed E-state index contributed by atoms with van der Waals surface area (Å²) in [5.74, 6) is 0.317. The Morgan fingerprint density at radius 2 is 1.59 bits per heavy atom. The minimum absolute atomic E-state index is 0.0215. The number of nitrogens with one attached hydrogen (secondary N) is 2. The van der Waals surface area contributed by atoms with Gasteiger partial charge in [0.05, 0.1) is 11.7 Å². The van der Waals surface area contributed by atoms with Gasteiger partial charge in [-0.05, 0) is 110 Å². The number of urea groups is 1. The van der Waals surface area contributed by atoms with Crippen molar-refractivity contribution in [2.75, 3.05) is 39.3 Å². The summed E-state index contributed by atoms with van der Waals surface area (Å²) >= 11 is 6.74. The third-order valence-corrected chi connectivity index (χ3v) is 10.9. The smallest absolute Gasteiger partial charge is 0.318 e. The summed E-state index contributed by atoms with van der Waals surface area (Å²) in [4.78, 5) is 34.4. The first kappa shape index (κ1) is 31.0. The van der Waals surface area contributed by atoms with E-state index in [1.807, 2.05) is 22.1 Å². The quantitative estimate of drug-likeness (QED) is 0.247. The second-order valence-corrected chi connectivity index (χ2v) is 14.0. The van der Waals surface area contributed by atoms with Crippen molar-refractivity contribution in [3.05, 3.63) is 76.4 Å². The molecule has 0 saturated carbocycles. The molecule has 3 aliphatic rings. The van der Waals surface area contributed by atoms with Gasteiger partial charge in [-0.1, -0.05) is 48.4 Å². The molecular formula is C37H45ClN6O2. The lowest BCUT2D eigenvalue weighted by molar-refractivity contribution is -0.134. The van der Waals surface area contributed by atoms with Crippen molar-refractivity contribution in [2.45, 2.75) is 76.3 Å². The van der Waals surface area contributed by atoms with Gasteiger partial charge in [0.25, 0.3) is 0 Å². The monoisotopic (exact) mass is 640 g/mol. The van der Waals surface area contributed by atoms with Crippen molar-refractivity contribution >= 4 is 45.2 Å². The van der Waals surface area contributed by atoms with E-state index in [-0.39, 0.29) is 11.9 Å². The summed E-state index contributed by atoms with van der Waals surface area (Å²) in [6.07, 6.45) is 9.82. The summed E-state index contributed by atoms with van der Waals surface area (Å²) in [6.45, 7) is 7.14. The van der Waals surface area contributed by atoms with Crippen molar-refractivity contribution in [3.8, 4) is 0 Å². The molecule has 242 valence electrons. The number of hydrogen-bond acceptors (Lipinski definition) is 4. The standard InChI is InChI=1S/C37H45ClN6O2/c1-25-19-26(20-30-24-39-41-35(25)30)21-34(36(45)43-17-11-31(12-18-43)42-13-5-2-6-14-42)40-37(46)44-15-9-27(10-16-44)32-22-28-7-3-4-8-29(28)23-33(32)38/h3-4,7-8,19-20,22-24,27,31,34H,2,5-6,9-18,21H2,1H3,(H,39,41)(H,40,46)/t34-/m1/s1. The number of halogens is 1. The van der Waals surface area contributed by atoms with Gasteiger partial charge >= 0.3 is 6.03 Å². The zero-order valence-electron chi connectivity index (χ0n) is 26.8. The molecule has 3 amide bonds. The Kier molecular flexibility index (Phi) is 9.18. The number of aromatic amines is 1. The number of aryl methyl sites for hydroxylation is 1. The Balaban J connectivity index is 1.03. The number of aromatic nitrogens is 2. The average Bonchev–Trinajstić information content (AvgIpc) is 3.57. The van der Waals surface area contributed by atoms with E-state index < -0.39 is 6.04 Å². The topological polar surface area (TPSA) is 84.6 Å². The number of hydrogen-bond donors (Lipinski definition) is 2. The molecule has 1 atom stereocenters. The molecule has 0 unspecified atom stereocenters. The van der Waals surface area contributed by atoms with Crippen LogP contribution in [0.2, 0.25) is 5.02 Å². The van der Waals surface area contributed by atoms with Crippen LogP contribution < -0.4 is 5.32 Å². The fraction of sp³-hybridized carbons (Fsp3) is 0.486. The van der Waals surface area contributed by atoms with Gasteiger partial charge in [0.2, 0.25) is 5.91 Å².